The predicted molar refractivity (Wildman–Crippen MR) is 61.8 cm³/mol. The molecule has 1 amide bonds. The van der Waals surface area contributed by atoms with Gasteiger partial charge in [0.2, 0.25) is 5.91 Å². The van der Waals surface area contributed by atoms with Gasteiger partial charge in [0.15, 0.2) is 0 Å². The number of amides is 1. The molecule has 0 aromatic rings. The summed E-state index contributed by atoms with van der Waals surface area (Å²) in [5.41, 5.74) is 0. The first-order valence-electron chi connectivity index (χ1n) is 6.08. The number of nitrogens with one attached hydrogen (secondary N) is 3. The van der Waals surface area contributed by atoms with Crippen LogP contribution in [0.2, 0.25) is 0 Å². The number of hydrogen-bond donors (Lipinski definition) is 3. The lowest BCUT2D eigenvalue weighted by atomic mass is 10.1. The zero-order valence-corrected chi connectivity index (χ0v) is 9.48. The molecule has 0 atom stereocenters. The van der Waals surface area contributed by atoms with Crippen LogP contribution in [0.3, 0.4) is 0 Å². The van der Waals surface area contributed by atoms with Gasteiger partial charge in [-0.3, -0.25) is 4.79 Å². The van der Waals surface area contributed by atoms with Gasteiger partial charge >= 0.3 is 0 Å². The van der Waals surface area contributed by atoms with E-state index >= 15 is 0 Å². The van der Waals surface area contributed by atoms with Crippen molar-refractivity contribution in [2.75, 3.05) is 32.7 Å². The smallest absolute Gasteiger partial charge is 0.233 e. The van der Waals surface area contributed by atoms with Gasteiger partial charge < -0.3 is 16.0 Å². The molecule has 1 aliphatic rings. The average molecular weight is 213 g/mol. The lowest BCUT2D eigenvalue weighted by Gasteiger charge is -2.09. The number of carbonyl (C=O) groups is 1. The van der Waals surface area contributed by atoms with Gasteiger partial charge in [0.25, 0.3) is 0 Å². The molecule has 1 heterocycles. The molecule has 4 nitrogen and oxygen atoms in total. The normalized spacial score (nSPS) is 22.8. The Hall–Kier alpha value is -0.610. The fourth-order valence-corrected chi connectivity index (χ4v) is 1.70. The topological polar surface area (TPSA) is 53.2 Å². The molecule has 88 valence electrons. The molecule has 4 heteroatoms. The number of rotatable bonds is 0. The van der Waals surface area contributed by atoms with Crippen molar-refractivity contribution in [1.82, 2.24) is 16.0 Å². The van der Waals surface area contributed by atoms with Crippen molar-refractivity contribution in [3.05, 3.63) is 0 Å². The first-order chi connectivity index (χ1) is 7.39. The fraction of sp³-hybridized carbons (Fsp3) is 0.909. The Labute approximate surface area is 92.2 Å². The van der Waals surface area contributed by atoms with Gasteiger partial charge in [0, 0.05) is 19.6 Å². The summed E-state index contributed by atoms with van der Waals surface area (Å²) < 4.78 is 0. The zero-order valence-electron chi connectivity index (χ0n) is 9.48. The van der Waals surface area contributed by atoms with E-state index in [1.165, 1.54) is 25.7 Å². The SMILES string of the molecule is O=C1CNCCNCCCCCCCN1. The van der Waals surface area contributed by atoms with Crippen molar-refractivity contribution >= 4 is 5.91 Å². The van der Waals surface area contributed by atoms with Crippen LogP contribution in [-0.2, 0) is 4.79 Å². The van der Waals surface area contributed by atoms with Crippen LogP contribution in [0.5, 0.6) is 0 Å². The minimum Gasteiger partial charge on any atom is -0.355 e. The molecular formula is C11H23N3O. The van der Waals surface area contributed by atoms with Gasteiger partial charge in [0.05, 0.1) is 6.54 Å². The minimum atomic E-state index is 0.118. The van der Waals surface area contributed by atoms with Crippen LogP contribution < -0.4 is 16.0 Å². The van der Waals surface area contributed by atoms with Crippen LogP contribution in [0.4, 0.5) is 0 Å². The first kappa shape index (κ1) is 12.5. The third-order valence-electron chi connectivity index (χ3n) is 2.62. The van der Waals surface area contributed by atoms with E-state index < -0.39 is 0 Å². The molecule has 1 aliphatic heterocycles. The highest BCUT2D eigenvalue weighted by atomic mass is 16.1. The highest BCUT2D eigenvalue weighted by Gasteiger charge is 2.00. The van der Waals surface area contributed by atoms with Crippen LogP contribution in [0, 0.1) is 0 Å². The second-order valence-electron chi connectivity index (χ2n) is 4.04. The van der Waals surface area contributed by atoms with Crippen LogP contribution in [0.25, 0.3) is 0 Å². The minimum absolute atomic E-state index is 0.118. The van der Waals surface area contributed by atoms with Crippen molar-refractivity contribution in [1.29, 1.82) is 0 Å². The summed E-state index contributed by atoms with van der Waals surface area (Å²) in [5, 5.41) is 9.39. The highest BCUT2D eigenvalue weighted by Crippen LogP contribution is 2.01. The first-order valence-corrected chi connectivity index (χ1v) is 6.08. The standard InChI is InChI=1S/C11H23N3O/c15-11-10-13-9-8-12-6-4-2-1-3-5-7-14-11/h12-13H,1-10H2,(H,14,15). The Bertz CT molecular complexity index is 157. The summed E-state index contributed by atoms with van der Waals surface area (Å²) in [6, 6.07) is 0. The lowest BCUT2D eigenvalue weighted by molar-refractivity contribution is -0.120. The van der Waals surface area contributed by atoms with Crippen molar-refractivity contribution in [2.45, 2.75) is 32.1 Å². The summed E-state index contributed by atoms with van der Waals surface area (Å²) in [7, 11) is 0. The van der Waals surface area contributed by atoms with Crippen LogP contribution in [-0.4, -0.2) is 38.6 Å². The summed E-state index contributed by atoms with van der Waals surface area (Å²) in [6.45, 7) is 4.20. The van der Waals surface area contributed by atoms with E-state index in [9.17, 15) is 4.79 Å². The van der Waals surface area contributed by atoms with E-state index in [0.29, 0.717) is 6.54 Å². The molecule has 1 fully saturated rings. The molecule has 3 N–H and O–H groups in total. The molecule has 0 aromatic carbocycles. The third kappa shape index (κ3) is 7.33. The second kappa shape index (κ2) is 8.68. The quantitative estimate of drug-likeness (QED) is 0.540. The monoisotopic (exact) mass is 213 g/mol. The van der Waals surface area contributed by atoms with Gasteiger partial charge in [-0.25, -0.2) is 0 Å². The van der Waals surface area contributed by atoms with Gasteiger partial charge in [0.1, 0.15) is 0 Å². The molecule has 0 unspecified atom stereocenters. The van der Waals surface area contributed by atoms with Gasteiger partial charge in [-0.1, -0.05) is 19.3 Å². The van der Waals surface area contributed by atoms with E-state index in [0.717, 1.165) is 32.6 Å². The molecule has 15 heavy (non-hydrogen) atoms. The average Bonchev–Trinajstić information content (AvgIpc) is 2.24. The van der Waals surface area contributed by atoms with E-state index in [1.807, 2.05) is 0 Å². The largest absolute Gasteiger partial charge is 0.355 e. The molecule has 0 spiro atoms. The fourth-order valence-electron chi connectivity index (χ4n) is 1.70. The highest BCUT2D eigenvalue weighted by molar-refractivity contribution is 5.77. The van der Waals surface area contributed by atoms with Crippen LogP contribution in [0.1, 0.15) is 32.1 Å². The molecule has 0 radical (unpaired) electrons. The predicted octanol–water partition coefficient (Wildman–Crippen LogP) is 0.246. The van der Waals surface area contributed by atoms with Gasteiger partial charge in [-0.2, -0.15) is 0 Å². The maximum atomic E-state index is 11.3. The summed E-state index contributed by atoms with van der Waals surface area (Å²) in [6.07, 6.45) is 6.20. The van der Waals surface area contributed by atoms with E-state index in [-0.39, 0.29) is 5.91 Å². The number of carbonyl (C=O) groups excluding carboxylic acids is 1. The second-order valence-corrected chi connectivity index (χ2v) is 4.04. The Kier molecular flexibility index (Phi) is 7.21. The number of hydrogen-bond acceptors (Lipinski definition) is 3. The van der Waals surface area contributed by atoms with Crippen LogP contribution in [0.15, 0.2) is 0 Å². The molecule has 0 saturated carbocycles. The summed E-state index contributed by atoms with van der Waals surface area (Å²) in [5.74, 6) is 0.118. The van der Waals surface area contributed by atoms with Gasteiger partial charge in [-0.05, 0) is 19.4 Å². The van der Waals surface area contributed by atoms with Crippen molar-refractivity contribution < 1.29 is 4.79 Å². The van der Waals surface area contributed by atoms with Crippen molar-refractivity contribution in [3.8, 4) is 0 Å². The van der Waals surface area contributed by atoms with Gasteiger partial charge in [-0.15, -0.1) is 0 Å². The van der Waals surface area contributed by atoms with Crippen LogP contribution >= 0.6 is 0 Å². The van der Waals surface area contributed by atoms with Crippen molar-refractivity contribution in [2.24, 2.45) is 0 Å². The molecule has 1 rings (SSSR count). The van der Waals surface area contributed by atoms with E-state index in [2.05, 4.69) is 16.0 Å². The summed E-state index contributed by atoms with van der Waals surface area (Å²) >= 11 is 0. The van der Waals surface area contributed by atoms with E-state index in [4.69, 9.17) is 0 Å². The summed E-state index contributed by atoms with van der Waals surface area (Å²) in [4.78, 5) is 11.3. The lowest BCUT2D eigenvalue weighted by Crippen LogP contribution is -2.37. The maximum absolute atomic E-state index is 11.3. The molecule has 0 aromatic heterocycles. The Morgan fingerprint density at radius 1 is 0.733 bits per heavy atom. The molecule has 1 saturated heterocycles. The molecule has 0 bridgehead atoms. The Morgan fingerprint density at radius 3 is 2.27 bits per heavy atom. The maximum Gasteiger partial charge on any atom is 0.233 e. The molecular weight excluding hydrogens is 190 g/mol. The third-order valence-corrected chi connectivity index (χ3v) is 2.62. The molecule has 0 aliphatic carbocycles. The Morgan fingerprint density at radius 2 is 1.40 bits per heavy atom. The Balaban J connectivity index is 2.13. The van der Waals surface area contributed by atoms with Crippen molar-refractivity contribution in [3.63, 3.8) is 0 Å². The zero-order chi connectivity index (χ0) is 10.8. The van der Waals surface area contributed by atoms with E-state index in [1.54, 1.807) is 0 Å².